The predicted octanol–water partition coefficient (Wildman–Crippen LogP) is 4.30. The van der Waals surface area contributed by atoms with Crippen LogP contribution in [0.15, 0.2) is 47.1 Å². The minimum absolute atomic E-state index is 0.132. The van der Waals surface area contributed by atoms with Gasteiger partial charge in [-0.1, -0.05) is 6.07 Å². The number of hydrogen-bond donors (Lipinski definition) is 2. The third-order valence-electron chi connectivity index (χ3n) is 7.35. The van der Waals surface area contributed by atoms with Crippen molar-refractivity contribution in [3.05, 3.63) is 52.6 Å². The molecule has 1 saturated heterocycles. The number of fused-ring (bicyclic) bond motifs is 1. The van der Waals surface area contributed by atoms with E-state index in [1.54, 1.807) is 24.3 Å². The Labute approximate surface area is 219 Å². The van der Waals surface area contributed by atoms with E-state index in [-0.39, 0.29) is 6.10 Å². The minimum Gasteiger partial charge on any atom is -0.491 e. The summed E-state index contributed by atoms with van der Waals surface area (Å²) in [5.74, 6) is 0.585. The summed E-state index contributed by atoms with van der Waals surface area (Å²) >= 11 is 3.78. The zero-order chi connectivity index (χ0) is 25.1. The van der Waals surface area contributed by atoms with Crippen LogP contribution >= 0.6 is 15.9 Å². The number of carbonyl (C=O) groups is 1. The molecule has 5 rings (SSSR count). The first-order chi connectivity index (χ1) is 17.5. The number of aliphatic hydroxyl groups excluding tert-OH is 1. The number of aromatic nitrogens is 2. The molecule has 2 aromatic carbocycles. The highest BCUT2D eigenvalue weighted by atomic mass is 79.9. The second-order valence-electron chi connectivity index (χ2n) is 9.80. The topological polar surface area (TPSA) is 103 Å². The first kappa shape index (κ1) is 25.0. The Hall–Kier alpha value is -2.62. The van der Waals surface area contributed by atoms with Crippen molar-refractivity contribution in [2.75, 3.05) is 37.8 Å². The molecule has 36 heavy (non-hydrogen) atoms. The molecule has 2 fully saturated rings. The third kappa shape index (κ3) is 5.68. The lowest BCUT2D eigenvalue weighted by Gasteiger charge is -2.27. The van der Waals surface area contributed by atoms with Gasteiger partial charge in [0.2, 0.25) is 5.91 Å². The second-order valence-corrected chi connectivity index (χ2v) is 10.7. The van der Waals surface area contributed by atoms with Gasteiger partial charge in [0.05, 0.1) is 30.0 Å². The Morgan fingerprint density at radius 2 is 1.97 bits per heavy atom. The first-order valence-corrected chi connectivity index (χ1v) is 13.5. The van der Waals surface area contributed by atoms with E-state index in [1.807, 2.05) is 0 Å². The molecule has 8 nitrogen and oxygen atoms in total. The molecule has 1 aliphatic heterocycles. The highest BCUT2D eigenvalue weighted by Crippen LogP contribution is 2.36. The van der Waals surface area contributed by atoms with E-state index in [9.17, 15) is 9.90 Å². The summed E-state index contributed by atoms with van der Waals surface area (Å²) in [4.78, 5) is 13.7. The van der Waals surface area contributed by atoms with Crippen LogP contribution in [0, 0.1) is 5.92 Å². The Balaban J connectivity index is 1.15. The number of benzene rings is 2. The molecule has 1 atom stereocenters. The van der Waals surface area contributed by atoms with E-state index in [1.165, 1.54) is 0 Å². The molecule has 3 aromatic rings. The minimum atomic E-state index is -0.468. The van der Waals surface area contributed by atoms with Crippen molar-refractivity contribution in [3.63, 3.8) is 0 Å². The first-order valence-electron chi connectivity index (χ1n) is 12.7. The zero-order valence-electron chi connectivity index (χ0n) is 20.3. The molecule has 1 amide bonds. The molecule has 0 bridgehead atoms. The van der Waals surface area contributed by atoms with Crippen molar-refractivity contribution in [1.29, 1.82) is 0 Å². The number of amides is 1. The summed E-state index contributed by atoms with van der Waals surface area (Å²) in [6.07, 6.45) is 7.50. The average Bonchev–Trinajstić information content (AvgIpc) is 3.53. The van der Waals surface area contributed by atoms with Crippen LogP contribution in [0.5, 0.6) is 5.75 Å². The molecule has 0 unspecified atom stereocenters. The second kappa shape index (κ2) is 11.2. The van der Waals surface area contributed by atoms with Crippen molar-refractivity contribution in [1.82, 2.24) is 9.78 Å². The van der Waals surface area contributed by atoms with E-state index >= 15 is 0 Å². The number of hydrogen-bond acceptors (Lipinski definition) is 6. The van der Waals surface area contributed by atoms with Crippen LogP contribution in [0.4, 0.5) is 5.69 Å². The lowest BCUT2D eigenvalue weighted by Crippen LogP contribution is -2.24. The summed E-state index contributed by atoms with van der Waals surface area (Å²) in [7, 11) is 0. The highest BCUT2D eigenvalue weighted by Gasteiger charge is 2.26. The zero-order valence-corrected chi connectivity index (χ0v) is 21.9. The number of rotatable bonds is 9. The number of nitrogens with zero attached hydrogens (tertiary/aromatic N) is 3. The Morgan fingerprint density at radius 3 is 2.75 bits per heavy atom. The maximum absolute atomic E-state index is 11.3. The van der Waals surface area contributed by atoms with E-state index in [4.69, 9.17) is 20.3 Å². The molecular formula is C27H33BrN4O4. The van der Waals surface area contributed by atoms with Gasteiger partial charge in [-0.05, 0) is 84.3 Å². The average molecular weight is 557 g/mol. The van der Waals surface area contributed by atoms with Crippen molar-refractivity contribution >= 4 is 38.4 Å². The molecule has 1 aliphatic carbocycles. The van der Waals surface area contributed by atoms with Gasteiger partial charge < -0.3 is 25.2 Å². The van der Waals surface area contributed by atoms with E-state index in [0.29, 0.717) is 43.1 Å². The van der Waals surface area contributed by atoms with Crippen LogP contribution in [0.1, 0.15) is 48.5 Å². The third-order valence-corrected chi connectivity index (χ3v) is 7.98. The Morgan fingerprint density at radius 1 is 1.14 bits per heavy atom. The van der Waals surface area contributed by atoms with Gasteiger partial charge in [0.25, 0.3) is 0 Å². The molecule has 9 heteroatoms. The molecule has 3 N–H and O–H groups in total. The molecule has 2 aliphatic rings. The van der Waals surface area contributed by atoms with Crippen LogP contribution in [0.3, 0.4) is 0 Å². The smallest absolute Gasteiger partial charge is 0.248 e. The van der Waals surface area contributed by atoms with Crippen molar-refractivity contribution in [3.8, 4) is 5.75 Å². The molecule has 2 heterocycles. The fraction of sp³-hybridized carbons (Fsp3) is 0.481. The number of anilines is 1. The summed E-state index contributed by atoms with van der Waals surface area (Å²) < 4.78 is 15.0. The van der Waals surface area contributed by atoms with Crippen LogP contribution < -0.4 is 15.4 Å². The van der Waals surface area contributed by atoms with Crippen LogP contribution in [0.2, 0.25) is 0 Å². The number of nitrogens with two attached hydrogens (primary N) is 1. The summed E-state index contributed by atoms with van der Waals surface area (Å²) in [5.41, 5.74) is 7.91. The monoisotopic (exact) mass is 556 g/mol. The SMILES string of the molecule is NC(=O)c1cccc(OCCO[C@@H]2CCN(c3cc4nn(C5CCC(CO)CC5)cc4cc3Br)C2)c1. The van der Waals surface area contributed by atoms with E-state index < -0.39 is 5.91 Å². The summed E-state index contributed by atoms with van der Waals surface area (Å²) in [6.45, 7) is 2.91. The molecular weight excluding hydrogens is 524 g/mol. The number of aliphatic hydroxyl groups is 1. The Kier molecular flexibility index (Phi) is 7.79. The van der Waals surface area contributed by atoms with Crippen molar-refractivity contribution < 1.29 is 19.4 Å². The van der Waals surface area contributed by atoms with Crippen LogP contribution in [0.25, 0.3) is 10.9 Å². The Bertz CT molecular complexity index is 1210. The number of halogens is 1. The number of carbonyl (C=O) groups excluding carboxylic acids is 1. The number of ether oxygens (including phenoxy) is 2. The lowest BCUT2D eigenvalue weighted by molar-refractivity contribution is 0.0465. The molecule has 1 saturated carbocycles. The molecule has 192 valence electrons. The van der Waals surface area contributed by atoms with Crippen LogP contribution in [-0.4, -0.2) is 59.8 Å². The maximum atomic E-state index is 11.3. The van der Waals surface area contributed by atoms with Gasteiger partial charge in [0.1, 0.15) is 12.4 Å². The van der Waals surface area contributed by atoms with Gasteiger partial charge in [0, 0.05) is 41.3 Å². The molecule has 0 spiro atoms. The standard InChI is InChI=1S/C27H33BrN4O4/c28-24-13-20-15-32(21-6-4-18(17-33)5-7-21)30-25(20)14-26(24)31-9-8-23(16-31)36-11-10-35-22-3-1-2-19(12-22)27(29)34/h1-3,12-15,18,21,23,33H,4-11,16-17H2,(H2,29,34)/t18?,21?,23-/m1/s1. The van der Waals surface area contributed by atoms with Gasteiger partial charge >= 0.3 is 0 Å². The lowest BCUT2D eigenvalue weighted by atomic mass is 9.87. The van der Waals surface area contributed by atoms with Gasteiger partial charge in [-0.3, -0.25) is 9.48 Å². The fourth-order valence-electron chi connectivity index (χ4n) is 5.27. The summed E-state index contributed by atoms with van der Waals surface area (Å²) in [5, 5.41) is 15.5. The van der Waals surface area contributed by atoms with Crippen LogP contribution in [-0.2, 0) is 4.74 Å². The van der Waals surface area contributed by atoms with Gasteiger partial charge in [0.15, 0.2) is 0 Å². The largest absolute Gasteiger partial charge is 0.491 e. The fourth-order valence-corrected chi connectivity index (χ4v) is 5.88. The predicted molar refractivity (Wildman–Crippen MR) is 143 cm³/mol. The van der Waals surface area contributed by atoms with Crippen molar-refractivity contribution in [2.24, 2.45) is 11.7 Å². The number of primary amides is 1. The highest BCUT2D eigenvalue weighted by molar-refractivity contribution is 9.10. The normalized spacial score (nSPS) is 22.3. The molecule has 0 radical (unpaired) electrons. The van der Waals surface area contributed by atoms with E-state index in [0.717, 1.165) is 66.3 Å². The van der Waals surface area contributed by atoms with Gasteiger partial charge in [-0.25, -0.2) is 0 Å². The quantitative estimate of drug-likeness (QED) is 0.381. The summed E-state index contributed by atoms with van der Waals surface area (Å²) in [6, 6.07) is 11.6. The molecule has 1 aromatic heterocycles. The van der Waals surface area contributed by atoms with Crippen molar-refractivity contribution in [2.45, 2.75) is 44.2 Å². The van der Waals surface area contributed by atoms with E-state index in [2.05, 4.69) is 43.8 Å². The van der Waals surface area contributed by atoms with Gasteiger partial charge in [-0.2, -0.15) is 5.10 Å². The maximum Gasteiger partial charge on any atom is 0.248 e. The van der Waals surface area contributed by atoms with Gasteiger partial charge in [-0.15, -0.1) is 0 Å².